The van der Waals surface area contributed by atoms with Crippen molar-refractivity contribution >= 4 is 5.91 Å². The third kappa shape index (κ3) is 5.16. The summed E-state index contributed by atoms with van der Waals surface area (Å²) < 4.78 is 0. The second kappa shape index (κ2) is 7.27. The smallest absolute Gasteiger partial charge is 0.220 e. The topological polar surface area (TPSA) is 52.9 Å². The number of rotatable bonds is 5. The number of hydrogen-bond acceptors (Lipinski definition) is 2. The molecule has 1 saturated carbocycles. The lowest BCUT2D eigenvalue weighted by atomic mass is 9.86. The van der Waals surface area contributed by atoms with Crippen LogP contribution in [0.15, 0.2) is 0 Å². The largest absolute Gasteiger partial charge is 0.355 e. The van der Waals surface area contributed by atoms with Crippen molar-refractivity contribution in [2.75, 3.05) is 6.54 Å². The molecule has 0 aromatic heterocycles. The van der Waals surface area contributed by atoms with Crippen molar-refractivity contribution < 1.29 is 4.79 Å². The molecule has 1 atom stereocenters. The van der Waals surface area contributed by atoms with Gasteiger partial charge in [-0.1, -0.05) is 32.1 Å². The van der Waals surface area contributed by atoms with E-state index in [-0.39, 0.29) is 11.8 Å². The fourth-order valence-corrected chi connectivity index (χ4v) is 2.21. The Morgan fingerprint density at radius 2 is 2.12 bits per heavy atom. The Morgan fingerprint density at radius 1 is 1.44 bits per heavy atom. The molecule has 0 bridgehead atoms. The maximum atomic E-state index is 11.5. The molecule has 1 aliphatic rings. The Labute approximate surface area is 98.2 Å². The average molecular weight is 222 g/mol. The number of nitriles is 1. The SMILES string of the molecule is CC(C#N)CNC(=O)CCC1CCCCC1. The molecule has 0 heterocycles. The summed E-state index contributed by atoms with van der Waals surface area (Å²) >= 11 is 0. The Kier molecular flexibility index (Phi) is 5.92. The van der Waals surface area contributed by atoms with Crippen LogP contribution >= 0.6 is 0 Å². The van der Waals surface area contributed by atoms with Gasteiger partial charge in [0, 0.05) is 13.0 Å². The van der Waals surface area contributed by atoms with Crippen molar-refractivity contribution in [2.24, 2.45) is 11.8 Å². The van der Waals surface area contributed by atoms with E-state index in [1.54, 1.807) is 0 Å². The molecule has 90 valence electrons. The van der Waals surface area contributed by atoms with E-state index in [2.05, 4.69) is 11.4 Å². The van der Waals surface area contributed by atoms with Crippen molar-refractivity contribution in [1.82, 2.24) is 5.32 Å². The maximum absolute atomic E-state index is 11.5. The molecule has 0 radical (unpaired) electrons. The Bertz CT molecular complexity index is 251. The monoisotopic (exact) mass is 222 g/mol. The van der Waals surface area contributed by atoms with Crippen molar-refractivity contribution in [1.29, 1.82) is 5.26 Å². The van der Waals surface area contributed by atoms with Gasteiger partial charge in [0.1, 0.15) is 0 Å². The quantitative estimate of drug-likeness (QED) is 0.777. The van der Waals surface area contributed by atoms with Crippen LogP contribution in [-0.4, -0.2) is 12.5 Å². The number of nitrogens with zero attached hydrogens (tertiary/aromatic N) is 1. The zero-order chi connectivity index (χ0) is 11.8. The average Bonchev–Trinajstić information content (AvgIpc) is 2.34. The lowest BCUT2D eigenvalue weighted by Gasteiger charge is -2.21. The van der Waals surface area contributed by atoms with E-state index in [1.807, 2.05) is 6.92 Å². The second-order valence-electron chi connectivity index (χ2n) is 4.88. The zero-order valence-electron chi connectivity index (χ0n) is 10.2. The normalized spacial score (nSPS) is 18.8. The van der Waals surface area contributed by atoms with Crippen molar-refractivity contribution in [3.8, 4) is 6.07 Å². The number of carbonyl (C=O) groups excluding carboxylic acids is 1. The first kappa shape index (κ1) is 13.0. The van der Waals surface area contributed by atoms with Crippen LogP contribution in [0.3, 0.4) is 0 Å². The van der Waals surface area contributed by atoms with Gasteiger partial charge in [-0.25, -0.2) is 0 Å². The highest BCUT2D eigenvalue weighted by Crippen LogP contribution is 2.27. The Morgan fingerprint density at radius 3 is 2.75 bits per heavy atom. The number of nitrogens with one attached hydrogen (secondary N) is 1. The van der Waals surface area contributed by atoms with Crippen molar-refractivity contribution in [3.63, 3.8) is 0 Å². The molecule has 0 aromatic carbocycles. The molecule has 0 aromatic rings. The van der Waals surface area contributed by atoms with Crippen LogP contribution in [0.5, 0.6) is 0 Å². The minimum absolute atomic E-state index is 0.0846. The number of hydrogen-bond donors (Lipinski definition) is 1. The molecule has 0 saturated heterocycles. The fourth-order valence-electron chi connectivity index (χ4n) is 2.21. The molecule has 3 heteroatoms. The molecular weight excluding hydrogens is 200 g/mol. The standard InChI is InChI=1S/C13H22N2O/c1-11(9-14)10-15-13(16)8-7-12-5-3-2-4-6-12/h11-12H,2-8,10H2,1H3,(H,15,16). The Balaban J connectivity index is 2.07. The van der Waals surface area contributed by atoms with E-state index in [0.717, 1.165) is 12.3 Å². The second-order valence-corrected chi connectivity index (χ2v) is 4.88. The number of amides is 1. The van der Waals surface area contributed by atoms with Crippen molar-refractivity contribution in [2.45, 2.75) is 51.9 Å². The molecule has 1 amide bonds. The predicted octanol–water partition coefficient (Wildman–Crippen LogP) is 2.62. The molecule has 1 fully saturated rings. The van der Waals surface area contributed by atoms with Crippen LogP contribution in [0.2, 0.25) is 0 Å². The van der Waals surface area contributed by atoms with Crippen LogP contribution in [0.1, 0.15) is 51.9 Å². The molecule has 3 nitrogen and oxygen atoms in total. The third-order valence-corrected chi connectivity index (χ3v) is 3.33. The van der Waals surface area contributed by atoms with E-state index in [0.29, 0.717) is 13.0 Å². The van der Waals surface area contributed by atoms with Gasteiger partial charge in [0.2, 0.25) is 5.91 Å². The van der Waals surface area contributed by atoms with E-state index >= 15 is 0 Å². The number of carbonyl (C=O) groups is 1. The minimum Gasteiger partial charge on any atom is -0.355 e. The van der Waals surface area contributed by atoms with E-state index in [1.165, 1.54) is 32.1 Å². The molecular formula is C13H22N2O. The molecule has 0 aliphatic heterocycles. The summed E-state index contributed by atoms with van der Waals surface area (Å²) in [7, 11) is 0. The van der Waals surface area contributed by atoms with Gasteiger partial charge >= 0.3 is 0 Å². The van der Waals surface area contributed by atoms with Gasteiger partial charge < -0.3 is 5.32 Å². The van der Waals surface area contributed by atoms with Crippen LogP contribution < -0.4 is 5.32 Å². The van der Waals surface area contributed by atoms with Gasteiger partial charge in [-0.05, 0) is 19.3 Å². The first-order valence-corrected chi connectivity index (χ1v) is 6.38. The highest BCUT2D eigenvalue weighted by Gasteiger charge is 2.14. The summed E-state index contributed by atoms with van der Waals surface area (Å²) in [6.45, 7) is 2.31. The minimum atomic E-state index is -0.0846. The van der Waals surface area contributed by atoms with Gasteiger partial charge in [0.25, 0.3) is 0 Å². The third-order valence-electron chi connectivity index (χ3n) is 3.33. The molecule has 1 N–H and O–H groups in total. The Hall–Kier alpha value is -1.04. The van der Waals surface area contributed by atoms with Crippen LogP contribution in [0, 0.1) is 23.2 Å². The van der Waals surface area contributed by atoms with E-state index in [9.17, 15) is 4.79 Å². The van der Waals surface area contributed by atoms with Gasteiger partial charge in [0.05, 0.1) is 12.0 Å². The summed E-state index contributed by atoms with van der Waals surface area (Å²) in [4.78, 5) is 11.5. The maximum Gasteiger partial charge on any atom is 0.220 e. The van der Waals surface area contributed by atoms with Gasteiger partial charge in [-0.15, -0.1) is 0 Å². The van der Waals surface area contributed by atoms with Crippen LogP contribution in [0.4, 0.5) is 0 Å². The summed E-state index contributed by atoms with van der Waals surface area (Å²) in [6, 6.07) is 2.11. The summed E-state index contributed by atoms with van der Waals surface area (Å²) in [5, 5.41) is 11.4. The van der Waals surface area contributed by atoms with Crippen LogP contribution in [0.25, 0.3) is 0 Å². The van der Waals surface area contributed by atoms with Gasteiger partial charge in [-0.3, -0.25) is 4.79 Å². The highest BCUT2D eigenvalue weighted by molar-refractivity contribution is 5.75. The summed E-state index contributed by atoms with van der Waals surface area (Å²) in [6.07, 6.45) is 8.26. The van der Waals surface area contributed by atoms with Crippen molar-refractivity contribution in [3.05, 3.63) is 0 Å². The zero-order valence-corrected chi connectivity index (χ0v) is 10.2. The molecule has 0 spiro atoms. The fraction of sp³-hybridized carbons (Fsp3) is 0.846. The molecule has 16 heavy (non-hydrogen) atoms. The lowest BCUT2D eigenvalue weighted by Crippen LogP contribution is -2.28. The first-order valence-electron chi connectivity index (χ1n) is 6.38. The predicted molar refractivity (Wildman–Crippen MR) is 63.6 cm³/mol. The lowest BCUT2D eigenvalue weighted by molar-refractivity contribution is -0.121. The van der Waals surface area contributed by atoms with E-state index in [4.69, 9.17) is 5.26 Å². The van der Waals surface area contributed by atoms with E-state index < -0.39 is 0 Å². The van der Waals surface area contributed by atoms with Crippen LogP contribution in [-0.2, 0) is 4.79 Å². The van der Waals surface area contributed by atoms with Gasteiger partial charge in [-0.2, -0.15) is 5.26 Å². The molecule has 1 rings (SSSR count). The highest BCUT2D eigenvalue weighted by atomic mass is 16.1. The first-order chi connectivity index (χ1) is 7.72. The molecule has 1 unspecified atom stereocenters. The molecule has 1 aliphatic carbocycles. The summed E-state index contributed by atoms with van der Waals surface area (Å²) in [5.74, 6) is 0.777. The van der Waals surface area contributed by atoms with Gasteiger partial charge in [0.15, 0.2) is 0 Å². The summed E-state index contributed by atoms with van der Waals surface area (Å²) in [5.41, 5.74) is 0.